The van der Waals surface area contributed by atoms with Gasteiger partial charge < -0.3 is 4.74 Å². The third kappa shape index (κ3) is 6.24. The molecule has 0 saturated heterocycles. The summed E-state index contributed by atoms with van der Waals surface area (Å²) in [5, 5.41) is 0. The maximum atomic E-state index is 10.6. The van der Waals surface area contributed by atoms with Crippen LogP contribution < -0.4 is 0 Å². The first-order valence-electron chi connectivity index (χ1n) is 6.66. The van der Waals surface area contributed by atoms with E-state index in [1.54, 1.807) is 0 Å². The molecule has 1 aromatic carbocycles. The minimum Gasteiger partial charge on any atom is -0.466 e. The molecule has 1 saturated carbocycles. The zero-order valence-corrected chi connectivity index (χ0v) is 11.3. The Kier molecular flexibility index (Phi) is 6.85. The number of esters is 1. The lowest BCUT2D eigenvalue weighted by atomic mass is 10.2. The molecule has 2 nitrogen and oxygen atoms in total. The van der Waals surface area contributed by atoms with E-state index in [2.05, 4.69) is 43.3 Å². The van der Waals surface area contributed by atoms with Crippen LogP contribution in [0.5, 0.6) is 0 Å². The minimum atomic E-state index is -0.00694. The van der Waals surface area contributed by atoms with Gasteiger partial charge in [0, 0.05) is 0 Å². The summed E-state index contributed by atoms with van der Waals surface area (Å²) in [6, 6.07) is 10.3. The number of benzene rings is 1. The van der Waals surface area contributed by atoms with Crippen LogP contribution in [0.15, 0.2) is 36.4 Å². The van der Waals surface area contributed by atoms with E-state index >= 15 is 0 Å². The maximum Gasteiger partial charge on any atom is 0.308 e. The Morgan fingerprint density at radius 3 is 2.44 bits per heavy atom. The van der Waals surface area contributed by atoms with Gasteiger partial charge in [-0.15, -0.1) is 0 Å². The quantitative estimate of drug-likeness (QED) is 0.749. The largest absolute Gasteiger partial charge is 0.466 e. The lowest BCUT2D eigenvalue weighted by Crippen LogP contribution is -2.04. The Balaban J connectivity index is 0.000000184. The predicted octanol–water partition coefficient (Wildman–Crippen LogP) is 4.07. The monoisotopic (exact) mass is 246 g/mol. The number of carbonyl (C=O) groups excluding carboxylic acids is 1. The van der Waals surface area contributed by atoms with Gasteiger partial charge in [0.1, 0.15) is 0 Å². The van der Waals surface area contributed by atoms with Crippen molar-refractivity contribution in [2.45, 2.75) is 33.1 Å². The summed E-state index contributed by atoms with van der Waals surface area (Å²) in [5.41, 5.74) is 1.28. The summed E-state index contributed by atoms with van der Waals surface area (Å²) in [4.78, 5) is 10.6. The predicted molar refractivity (Wildman–Crippen MR) is 75.1 cm³/mol. The second kappa shape index (κ2) is 8.51. The van der Waals surface area contributed by atoms with Gasteiger partial charge in [0.2, 0.25) is 0 Å². The Bertz CT molecular complexity index is 364. The van der Waals surface area contributed by atoms with Crippen molar-refractivity contribution in [2.75, 3.05) is 6.61 Å². The molecule has 18 heavy (non-hydrogen) atoms. The standard InChI is InChI=1S/C10H12.C6H10O2/c1-2-3-7-10-8-5-4-6-9-10;1-2-8-6(7)5-3-4-5/h3-9H,2H2,1H3;5H,2-4H2,1H3/b7-3-;. The van der Waals surface area contributed by atoms with Gasteiger partial charge in [0.05, 0.1) is 12.5 Å². The third-order valence-electron chi connectivity index (χ3n) is 2.54. The summed E-state index contributed by atoms with van der Waals surface area (Å²) >= 11 is 0. The second-order valence-electron chi connectivity index (χ2n) is 4.25. The molecule has 0 heterocycles. The first kappa shape index (κ1) is 14.5. The molecule has 0 bridgehead atoms. The van der Waals surface area contributed by atoms with E-state index in [1.807, 2.05) is 13.0 Å². The van der Waals surface area contributed by atoms with Gasteiger partial charge in [-0.2, -0.15) is 0 Å². The molecule has 2 heteroatoms. The van der Waals surface area contributed by atoms with Crippen LogP contribution in [0, 0.1) is 5.92 Å². The van der Waals surface area contributed by atoms with Gasteiger partial charge in [-0.05, 0) is 31.7 Å². The van der Waals surface area contributed by atoms with Crippen molar-refractivity contribution in [3.05, 3.63) is 42.0 Å². The molecular formula is C16H22O2. The van der Waals surface area contributed by atoms with Crippen LogP contribution in [0.1, 0.15) is 38.7 Å². The van der Waals surface area contributed by atoms with Crippen LogP contribution >= 0.6 is 0 Å². The van der Waals surface area contributed by atoms with Gasteiger partial charge in [-0.3, -0.25) is 4.79 Å². The van der Waals surface area contributed by atoms with E-state index in [-0.39, 0.29) is 11.9 Å². The van der Waals surface area contributed by atoms with Gasteiger partial charge in [-0.1, -0.05) is 49.4 Å². The third-order valence-corrected chi connectivity index (χ3v) is 2.54. The van der Waals surface area contributed by atoms with E-state index in [0.717, 1.165) is 19.3 Å². The number of hydrogen-bond acceptors (Lipinski definition) is 2. The topological polar surface area (TPSA) is 26.3 Å². The van der Waals surface area contributed by atoms with E-state index in [9.17, 15) is 4.79 Å². The molecule has 0 aliphatic heterocycles. The van der Waals surface area contributed by atoms with Crippen molar-refractivity contribution in [3.8, 4) is 0 Å². The molecule has 2 rings (SSSR count). The molecule has 1 fully saturated rings. The van der Waals surface area contributed by atoms with E-state index in [1.165, 1.54) is 5.56 Å². The molecule has 0 unspecified atom stereocenters. The van der Waals surface area contributed by atoms with Gasteiger partial charge in [-0.25, -0.2) is 0 Å². The maximum absolute atomic E-state index is 10.6. The SMILES string of the molecule is CC/C=C\c1ccccc1.CCOC(=O)C1CC1. The Morgan fingerprint density at radius 2 is 1.94 bits per heavy atom. The first-order chi connectivity index (χ1) is 8.77. The fourth-order valence-electron chi connectivity index (χ4n) is 1.40. The van der Waals surface area contributed by atoms with Crippen LogP contribution in [0.4, 0.5) is 0 Å². The molecular weight excluding hydrogens is 224 g/mol. The highest BCUT2D eigenvalue weighted by Crippen LogP contribution is 2.29. The summed E-state index contributed by atoms with van der Waals surface area (Å²) < 4.78 is 4.73. The summed E-state index contributed by atoms with van der Waals surface area (Å²) in [7, 11) is 0. The Hall–Kier alpha value is -1.57. The van der Waals surface area contributed by atoms with Crippen molar-refractivity contribution in [3.63, 3.8) is 0 Å². The fourth-order valence-corrected chi connectivity index (χ4v) is 1.40. The minimum absolute atomic E-state index is 0.00694. The van der Waals surface area contributed by atoms with Gasteiger partial charge in [0.25, 0.3) is 0 Å². The van der Waals surface area contributed by atoms with Crippen molar-refractivity contribution >= 4 is 12.0 Å². The number of allylic oxidation sites excluding steroid dienone is 1. The molecule has 0 atom stereocenters. The number of hydrogen-bond donors (Lipinski definition) is 0. The van der Waals surface area contributed by atoms with Crippen LogP contribution in [-0.2, 0) is 9.53 Å². The zero-order chi connectivity index (χ0) is 13.2. The summed E-state index contributed by atoms with van der Waals surface area (Å²) in [6.07, 6.45) is 7.49. The van der Waals surface area contributed by atoms with Crippen molar-refractivity contribution in [1.29, 1.82) is 0 Å². The highest BCUT2D eigenvalue weighted by atomic mass is 16.5. The highest BCUT2D eigenvalue weighted by molar-refractivity contribution is 5.74. The average Bonchev–Trinajstić information content (AvgIpc) is 3.23. The molecule has 1 aliphatic rings. The molecule has 0 radical (unpaired) electrons. The van der Waals surface area contributed by atoms with Crippen molar-refractivity contribution in [2.24, 2.45) is 5.92 Å². The number of carbonyl (C=O) groups is 1. The first-order valence-corrected chi connectivity index (χ1v) is 6.66. The molecule has 98 valence electrons. The Morgan fingerprint density at radius 1 is 1.28 bits per heavy atom. The normalized spacial score (nSPS) is 13.9. The van der Waals surface area contributed by atoms with E-state index in [4.69, 9.17) is 4.74 Å². The molecule has 0 amide bonds. The lowest BCUT2D eigenvalue weighted by molar-refractivity contribution is -0.144. The van der Waals surface area contributed by atoms with Crippen LogP contribution in [0.25, 0.3) is 6.08 Å². The molecule has 0 spiro atoms. The summed E-state index contributed by atoms with van der Waals surface area (Å²) in [6.45, 7) is 4.50. The van der Waals surface area contributed by atoms with Crippen LogP contribution in [0.3, 0.4) is 0 Å². The molecule has 1 aliphatic carbocycles. The smallest absolute Gasteiger partial charge is 0.308 e. The molecule has 1 aromatic rings. The number of rotatable bonds is 4. The van der Waals surface area contributed by atoms with Gasteiger partial charge >= 0.3 is 5.97 Å². The summed E-state index contributed by atoms with van der Waals surface area (Å²) in [5.74, 6) is 0.252. The second-order valence-corrected chi connectivity index (χ2v) is 4.25. The number of ether oxygens (including phenoxy) is 1. The lowest BCUT2D eigenvalue weighted by Gasteiger charge is -1.95. The van der Waals surface area contributed by atoms with Crippen molar-refractivity contribution in [1.82, 2.24) is 0 Å². The van der Waals surface area contributed by atoms with Crippen molar-refractivity contribution < 1.29 is 9.53 Å². The molecule has 0 N–H and O–H groups in total. The van der Waals surface area contributed by atoms with Crippen LogP contribution in [-0.4, -0.2) is 12.6 Å². The average molecular weight is 246 g/mol. The highest BCUT2D eigenvalue weighted by Gasteiger charge is 2.30. The molecule has 0 aromatic heterocycles. The Labute approximate surface area is 110 Å². The van der Waals surface area contributed by atoms with Crippen LogP contribution in [0.2, 0.25) is 0 Å². The van der Waals surface area contributed by atoms with Gasteiger partial charge in [0.15, 0.2) is 0 Å². The van der Waals surface area contributed by atoms with E-state index in [0.29, 0.717) is 6.61 Å². The zero-order valence-electron chi connectivity index (χ0n) is 11.3. The van der Waals surface area contributed by atoms with E-state index < -0.39 is 0 Å². The fraction of sp³-hybridized carbons (Fsp3) is 0.438.